The Hall–Kier alpha value is -2.75. The first-order valence-corrected chi connectivity index (χ1v) is 8.87. The maximum absolute atomic E-state index is 11.7. The van der Waals surface area contributed by atoms with Crippen molar-refractivity contribution in [2.75, 3.05) is 12.3 Å². The lowest BCUT2D eigenvalue weighted by Gasteiger charge is -2.20. The molecule has 3 N–H and O–H groups in total. The summed E-state index contributed by atoms with van der Waals surface area (Å²) in [5.41, 5.74) is 10.1. The molecule has 2 rings (SSSR count). The van der Waals surface area contributed by atoms with Crippen LogP contribution in [0.5, 0.6) is 0 Å². The minimum absolute atomic E-state index is 0.0837. The van der Waals surface area contributed by atoms with Gasteiger partial charge in [0.25, 0.3) is 0 Å². The van der Waals surface area contributed by atoms with Gasteiger partial charge in [-0.2, -0.15) is 0 Å². The van der Waals surface area contributed by atoms with Gasteiger partial charge in [0.15, 0.2) is 0 Å². The predicted octanol–water partition coefficient (Wildman–Crippen LogP) is 4.90. The number of rotatable bonds is 6. The van der Waals surface area contributed by atoms with Crippen LogP contribution >= 0.6 is 0 Å². The van der Waals surface area contributed by atoms with Crippen molar-refractivity contribution < 1.29 is 9.53 Å². The fourth-order valence-electron chi connectivity index (χ4n) is 2.43. The highest BCUT2D eigenvalue weighted by Crippen LogP contribution is 2.26. The van der Waals surface area contributed by atoms with Crippen molar-refractivity contribution in [3.8, 4) is 0 Å². The second-order valence-corrected chi connectivity index (χ2v) is 7.27. The van der Waals surface area contributed by atoms with Gasteiger partial charge in [-0.1, -0.05) is 69.3 Å². The SMILES string of the molecule is CC(C)(C)c1ccc(N)c(C=CCCNC(=O)OCc2ccccc2)c1. The van der Waals surface area contributed by atoms with E-state index >= 15 is 0 Å². The van der Waals surface area contributed by atoms with E-state index in [1.165, 1.54) is 5.56 Å². The van der Waals surface area contributed by atoms with Crippen molar-refractivity contribution in [1.82, 2.24) is 5.32 Å². The third-order valence-electron chi connectivity index (χ3n) is 4.04. The van der Waals surface area contributed by atoms with E-state index in [0.29, 0.717) is 13.0 Å². The average molecular weight is 352 g/mol. The summed E-state index contributed by atoms with van der Waals surface area (Å²) in [6.45, 7) is 7.33. The van der Waals surface area contributed by atoms with Gasteiger partial charge in [0.2, 0.25) is 0 Å². The van der Waals surface area contributed by atoms with Crippen molar-refractivity contribution >= 4 is 17.9 Å². The Bertz CT molecular complexity index is 746. The van der Waals surface area contributed by atoms with Gasteiger partial charge in [0.1, 0.15) is 6.61 Å². The number of carbonyl (C=O) groups is 1. The lowest BCUT2D eigenvalue weighted by atomic mass is 9.86. The van der Waals surface area contributed by atoms with E-state index in [1.54, 1.807) is 0 Å². The lowest BCUT2D eigenvalue weighted by Crippen LogP contribution is -2.24. The van der Waals surface area contributed by atoms with Crippen LogP contribution in [0.3, 0.4) is 0 Å². The number of alkyl carbamates (subject to hydrolysis) is 1. The van der Waals surface area contributed by atoms with Crippen LogP contribution in [0.4, 0.5) is 10.5 Å². The van der Waals surface area contributed by atoms with E-state index in [1.807, 2.05) is 48.6 Å². The molecule has 26 heavy (non-hydrogen) atoms. The third kappa shape index (κ3) is 6.28. The van der Waals surface area contributed by atoms with Gasteiger partial charge in [0, 0.05) is 12.2 Å². The van der Waals surface area contributed by atoms with E-state index in [4.69, 9.17) is 10.5 Å². The molecule has 0 atom stereocenters. The Morgan fingerprint density at radius 1 is 1.15 bits per heavy atom. The summed E-state index contributed by atoms with van der Waals surface area (Å²) in [5, 5.41) is 2.75. The molecular formula is C22H28N2O2. The molecule has 0 aliphatic carbocycles. The lowest BCUT2D eigenvalue weighted by molar-refractivity contribution is 0.140. The highest BCUT2D eigenvalue weighted by molar-refractivity contribution is 5.67. The van der Waals surface area contributed by atoms with Gasteiger partial charge in [0.05, 0.1) is 0 Å². The molecule has 0 aromatic heterocycles. The van der Waals surface area contributed by atoms with Gasteiger partial charge in [-0.3, -0.25) is 0 Å². The Morgan fingerprint density at radius 2 is 1.88 bits per heavy atom. The molecule has 0 radical (unpaired) electrons. The van der Waals surface area contributed by atoms with Crippen LogP contribution in [0.25, 0.3) is 6.08 Å². The van der Waals surface area contributed by atoms with Crippen molar-refractivity contribution in [1.29, 1.82) is 0 Å². The Kier molecular flexibility index (Phi) is 6.84. The van der Waals surface area contributed by atoms with Crippen molar-refractivity contribution in [2.45, 2.75) is 39.2 Å². The van der Waals surface area contributed by atoms with E-state index in [-0.39, 0.29) is 12.0 Å². The summed E-state index contributed by atoms with van der Waals surface area (Å²) in [5.74, 6) is 0. The number of nitrogens with one attached hydrogen (secondary N) is 1. The first-order valence-electron chi connectivity index (χ1n) is 8.87. The number of amides is 1. The molecule has 0 saturated carbocycles. The Balaban J connectivity index is 1.76. The molecule has 138 valence electrons. The largest absolute Gasteiger partial charge is 0.445 e. The maximum atomic E-state index is 11.7. The minimum atomic E-state index is -0.406. The highest BCUT2D eigenvalue weighted by Gasteiger charge is 2.14. The zero-order valence-corrected chi connectivity index (χ0v) is 15.8. The number of hydrogen-bond donors (Lipinski definition) is 2. The molecule has 1 amide bonds. The third-order valence-corrected chi connectivity index (χ3v) is 4.04. The number of nitrogen functional groups attached to an aromatic ring is 1. The fraction of sp³-hybridized carbons (Fsp3) is 0.318. The van der Waals surface area contributed by atoms with E-state index in [2.05, 4.69) is 38.2 Å². The summed E-state index contributed by atoms with van der Waals surface area (Å²) in [6, 6.07) is 15.7. The molecule has 2 aromatic carbocycles. The molecule has 0 bridgehead atoms. The summed E-state index contributed by atoms with van der Waals surface area (Å²) in [7, 11) is 0. The number of anilines is 1. The number of ether oxygens (including phenoxy) is 1. The summed E-state index contributed by atoms with van der Waals surface area (Å²) in [6.07, 6.45) is 4.31. The number of benzene rings is 2. The van der Waals surface area contributed by atoms with Crippen molar-refractivity contribution in [3.63, 3.8) is 0 Å². The molecule has 4 heteroatoms. The van der Waals surface area contributed by atoms with Crippen LogP contribution < -0.4 is 11.1 Å². The smallest absolute Gasteiger partial charge is 0.407 e. The molecule has 4 nitrogen and oxygen atoms in total. The monoisotopic (exact) mass is 352 g/mol. The van der Waals surface area contributed by atoms with E-state index < -0.39 is 6.09 Å². The maximum Gasteiger partial charge on any atom is 0.407 e. The van der Waals surface area contributed by atoms with E-state index in [9.17, 15) is 4.79 Å². The summed E-state index contributed by atoms with van der Waals surface area (Å²) in [4.78, 5) is 11.7. The molecular weight excluding hydrogens is 324 g/mol. The zero-order chi connectivity index (χ0) is 19.0. The molecule has 0 saturated heterocycles. The summed E-state index contributed by atoms with van der Waals surface area (Å²) < 4.78 is 5.17. The molecule has 0 fully saturated rings. The quantitative estimate of drug-likeness (QED) is 0.574. The molecule has 0 spiro atoms. The number of nitrogens with two attached hydrogens (primary N) is 1. The van der Waals surface area contributed by atoms with Gasteiger partial charge in [-0.15, -0.1) is 0 Å². The van der Waals surface area contributed by atoms with Gasteiger partial charge in [-0.25, -0.2) is 4.79 Å². The van der Waals surface area contributed by atoms with Gasteiger partial charge in [-0.05, 0) is 40.7 Å². The average Bonchev–Trinajstić information content (AvgIpc) is 2.61. The minimum Gasteiger partial charge on any atom is -0.445 e. The van der Waals surface area contributed by atoms with Gasteiger partial charge >= 0.3 is 6.09 Å². The Labute approximate surface area is 156 Å². The number of hydrogen-bond acceptors (Lipinski definition) is 3. The van der Waals surface area contributed by atoms with Crippen LogP contribution in [0.15, 0.2) is 54.6 Å². The molecule has 0 heterocycles. The van der Waals surface area contributed by atoms with Crippen molar-refractivity contribution in [2.24, 2.45) is 0 Å². The molecule has 0 unspecified atom stereocenters. The number of carbonyl (C=O) groups excluding carboxylic acids is 1. The first kappa shape index (κ1) is 19.6. The normalized spacial score (nSPS) is 11.5. The zero-order valence-electron chi connectivity index (χ0n) is 15.8. The molecule has 0 aliphatic rings. The Morgan fingerprint density at radius 3 is 2.58 bits per heavy atom. The van der Waals surface area contributed by atoms with Crippen LogP contribution in [-0.4, -0.2) is 12.6 Å². The standard InChI is InChI=1S/C22H28N2O2/c1-22(2,3)19-12-13-20(23)18(15-19)11-7-8-14-24-21(25)26-16-17-9-5-4-6-10-17/h4-7,9-13,15H,8,14,16,23H2,1-3H3,(H,24,25). The van der Waals surface area contributed by atoms with Crippen LogP contribution in [0.2, 0.25) is 0 Å². The first-order chi connectivity index (χ1) is 12.4. The van der Waals surface area contributed by atoms with E-state index in [0.717, 1.165) is 16.8 Å². The van der Waals surface area contributed by atoms with Crippen molar-refractivity contribution in [3.05, 3.63) is 71.3 Å². The molecule has 0 aliphatic heterocycles. The highest BCUT2D eigenvalue weighted by atomic mass is 16.5. The summed E-state index contributed by atoms with van der Waals surface area (Å²) >= 11 is 0. The molecule has 2 aromatic rings. The second kappa shape index (κ2) is 9.09. The van der Waals surface area contributed by atoms with Crippen LogP contribution in [0.1, 0.15) is 43.9 Å². The van der Waals surface area contributed by atoms with Gasteiger partial charge < -0.3 is 15.8 Å². The van der Waals surface area contributed by atoms with Crippen LogP contribution in [-0.2, 0) is 16.8 Å². The fourth-order valence-corrected chi connectivity index (χ4v) is 2.43. The topological polar surface area (TPSA) is 64.3 Å². The second-order valence-electron chi connectivity index (χ2n) is 7.27. The predicted molar refractivity (Wildman–Crippen MR) is 108 cm³/mol. The van der Waals surface area contributed by atoms with Crippen LogP contribution in [0, 0.1) is 0 Å².